The van der Waals surface area contributed by atoms with E-state index in [0.29, 0.717) is 12.8 Å². The first-order valence-electron chi connectivity index (χ1n) is 7.37. The molecule has 1 aliphatic heterocycles. The number of hydrogen-bond acceptors (Lipinski definition) is 6. The number of H-pyrrole nitrogens is 1. The van der Waals surface area contributed by atoms with E-state index in [1.807, 2.05) is 4.98 Å². The number of nitrogens with zero attached hydrogens (tertiary/aromatic N) is 1. The highest BCUT2D eigenvalue weighted by atomic mass is 31.2. The Morgan fingerprint density at radius 1 is 1.54 bits per heavy atom. The lowest BCUT2D eigenvalue weighted by Crippen LogP contribution is -2.34. The molecule has 2 N–H and O–H groups in total. The van der Waals surface area contributed by atoms with E-state index in [1.54, 1.807) is 6.92 Å². The van der Waals surface area contributed by atoms with Crippen molar-refractivity contribution in [2.45, 2.75) is 32.1 Å². The number of ether oxygens (including phenoxy) is 1. The van der Waals surface area contributed by atoms with Crippen LogP contribution >= 0.6 is 7.94 Å². The Morgan fingerprint density at radius 2 is 2.25 bits per heavy atom. The number of nitrogens with one attached hydrogen (secondary N) is 1. The molecule has 2 heterocycles. The molecule has 0 radical (unpaired) electrons. The number of aromatic nitrogens is 2. The molecule has 1 aromatic heterocycles. The lowest BCUT2D eigenvalue weighted by atomic mass is 10.2. The molecular weight excluding hydrogens is 342 g/mol. The van der Waals surface area contributed by atoms with Crippen molar-refractivity contribution < 1.29 is 23.1 Å². The fourth-order valence-corrected chi connectivity index (χ4v) is 3.15. The molecule has 8 nitrogen and oxygen atoms in total. The van der Waals surface area contributed by atoms with Gasteiger partial charge in [-0.2, -0.15) is 18.3 Å². The number of hydrogen-bond donors (Lipinski definition) is 2. The highest BCUT2D eigenvalue weighted by molar-refractivity contribution is 7.59. The highest BCUT2D eigenvalue weighted by Gasteiger charge is 2.37. The zero-order chi connectivity index (χ0) is 17.9. The van der Waals surface area contributed by atoms with E-state index >= 15 is 0 Å². The summed E-state index contributed by atoms with van der Waals surface area (Å²) in [7, 11) is -2.98. The molecule has 0 bridgehead atoms. The summed E-state index contributed by atoms with van der Waals surface area (Å²) in [6.45, 7) is 7.18. The third kappa shape index (κ3) is 5.06. The van der Waals surface area contributed by atoms with Gasteiger partial charge in [-0.1, -0.05) is 12.2 Å². The summed E-state index contributed by atoms with van der Waals surface area (Å²) < 4.78 is 30.6. The molecule has 10 heteroatoms. The SMILES string of the molecule is C=C(C)CO[P+](C)(O)OCC1CCC(n2cc(F)c(=O)[nH]c2=O)O1. The molecule has 3 atom stereocenters. The predicted molar refractivity (Wildman–Crippen MR) is 86.2 cm³/mol. The van der Waals surface area contributed by atoms with Gasteiger partial charge in [0.2, 0.25) is 5.82 Å². The first-order chi connectivity index (χ1) is 11.2. The van der Waals surface area contributed by atoms with Crippen LogP contribution in [-0.4, -0.2) is 40.4 Å². The van der Waals surface area contributed by atoms with Crippen LogP contribution in [0.5, 0.6) is 0 Å². The minimum absolute atomic E-state index is 0.0774. The van der Waals surface area contributed by atoms with Gasteiger partial charge in [-0.25, -0.2) is 4.79 Å². The van der Waals surface area contributed by atoms with E-state index in [2.05, 4.69) is 6.58 Å². The molecule has 134 valence electrons. The van der Waals surface area contributed by atoms with E-state index in [-0.39, 0.29) is 19.3 Å². The normalized spacial score (nSPS) is 23.2. The van der Waals surface area contributed by atoms with Crippen LogP contribution in [0.1, 0.15) is 26.0 Å². The maximum absolute atomic E-state index is 13.3. The van der Waals surface area contributed by atoms with Gasteiger partial charge in [0.25, 0.3) is 5.56 Å². The average Bonchev–Trinajstić information content (AvgIpc) is 2.96. The quantitative estimate of drug-likeness (QED) is 0.560. The molecule has 0 aromatic carbocycles. The molecule has 1 aromatic rings. The van der Waals surface area contributed by atoms with Gasteiger partial charge < -0.3 is 4.74 Å². The van der Waals surface area contributed by atoms with Crippen molar-refractivity contribution in [1.29, 1.82) is 0 Å². The van der Waals surface area contributed by atoms with Gasteiger partial charge in [-0.3, -0.25) is 14.3 Å². The van der Waals surface area contributed by atoms with Crippen molar-refractivity contribution in [3.8, 4) is 0 Å². The summed E-state index contributed by atoms with van der Waals surface area (Å²) in [5.41, 5.74) is -1.04. The zero-order valence-corrected chi connectivity index (χ0v) is 14.4. The molecule has 3 unspecified atom stereocenters. The second-order valence-corrected chi connectivity index (χ2v) is 7.89. The second kappa shape index (κ2) is 7.67. The lowest BCUT2D eigenvalue weighted by molar-refractivity contribution is -0.0243. The Labute approximate surface area is 138 Å². The van der Waals surface area contributed by atoms with Gasteiger partial charge in [0.05, 0.1) is 12.3 Å². The van der Waals surface area contributed by atoms with Crippen LogP contribution in [-0.2, 0) is 13.8 Å². The van der Waals surface area contributed by atoms with Gasteiger partial charge in [0, 0.05) is 0 Å². The summed E-state index contributed by atoms with van der Waals surface area (Å²) in [4.78, 5) is 34.7. The summed E-state index contributed by atoms with van der Waals surface area (Å²) in [5, 5.41) is 0. The Kier molecular flexibility index (Phi) is 6.06. The van der Waals surface area contributed by atoms with Crippen LogP contribution in [0.15, 0.2) is 27.9 Å². The van der Waals surface area contributed by atoms with E-state index in [9.17, 15) is 18.9 Å². The van der Waals surface area contributed by atoms with Crippen molar-refractivity contribution in [1.82, 2.24) is 9.55 Å². The standard InChI is InChI=1S/C14H20FN2O6P/c1-9(2)7-21-24(3,20)22-8-10-4-5-12(23-10)17-6-11(15)13(18)16-14(17)19/h6,10,12,20H,1,4-5,7-8H2,2-3H3/p+1. The van der Waals surface area contributed by atoms with Gasteiger partial charge in [0.1, 0.15) is 26.1 Å². The fraction of sp³-hybridized carbons (Fsp3) is 0.571. The van der Waals surface area contributed by atoms with Crippen LogP contribution in [0.3, 0.4) is 0 Å². The molecule has 0 aliphatic carbocycles. The smallest absolute Gasteiger partial charge is 0.352 e. The Hall–Kier alpha value is -1.38. The summed E-state index contributed by atoms with van der Waals surface area (Å²) in [6, 6.07) is 0. The second-order valence-electron chi connectivity index (χ2n) is 5.76. The van der Waals surface area contributed by atoms with E-state index in [0.717, 1.165) is 16.3 Å². The van der Waals surface area contributed by atoms with Crippen molar-refractivity contribution in [3.63, 3.8) is 0 Å². The van der Waals surface area contributed by atoms with Crippen LogP contribution < -0.4 is 11.2 Å². The Morgan fingerprint density at radius 3 is 2.92 bits per heavy atom. The number of rotatable bonds is 7. The third-order valence-electron chi connectivity index (χ3n) is 3.37. The number of aromatic amines is 1. The highest BCUT2D eigenvalue weighted by Crippen LogP contribution is 2.53. The van der Waals surface area contributed by atoms with Gasteiger partial charge in [-0.15, -0.1) is 0 Å². The Balaban J connectivity index is 1.92. The fourth-order valence-electron chi connectivity index (χ4n) is 2.18. The zero-order valence-electron chi connectivity index (χ0n) is 13.5. The van der Waals surface area contributed by atoms with Crippen molar-refractivity contribution in [2.75, 3.05) is 19.9 Å². The van der Waals surface area contributed by atoms with Crippen molar-refractivity contribution >= 4 is 7.94 Å². The first-order valence-corrected chi connectivity index (χ1v) is 9.39. The van der Waals surface area contributed by atoms with Crippen LogP contribution in [0.4, 0.5) is 4.39 Å². The topological polar surface area (TPSA) is 103 Å². The molecule has 1 fully saturated rings. The van der Waals surface area contributed by atoms with Gasteiger partial charge in [-0.05, 0) is 19.8 Å². The molecule has 0 saturated carbocycles. The van der Waals surface area contributed by atoms with Crippen LogP contribution in [0, 0.1) is 5.82 Å². The molecular formula is C14H21FN2O6P+. The summed E-state index contributed by atoms with van der Waals surface area (Å²) in [5.74, 6) is -1.06. The van der Waals surface area contributed by atoms with Crippen molar-refractivity contribution in [2.24, 2.45) is 0 Å². The molecule has 2 rings (SSSR count). The first kappa shape index (κ1) is 19.0. The maximum Gasteiger partial charge on any atom is 0.406 e. The van der Waals surface area contributed by atoms with Crippen LogP contribution in [0.25, 0.3) is 0 Å². The van der Waals surface area contributed by atoms with E-state index in [1.165, 1.54) is 6.66 Å². The maximum atomic E-state index is 13.3. The van der Waals surface area contributed by atoms with Crippen molar-refractivity contribution in [3.05, 3.63) is 45.0 Å². The van der Waals surface area contributed by atoms with Gasteiger partial charge in [0.15, 0.2) is 0 Å². The molecule has 0 spiro atoms. The number of halogens is 1. The minimum atomic E-state index is -2.98. The third-order valence-corrected chi connectivity index (χ3v) is 4.61. The minimum Gasteiger partial charge on any atom is -0.352 e. The Bertz CT molecular complexity index is 716. The largest absolute Gasteiger partial charge is 0.406 e. The molecule has 0 amide bonds. The average molecular weight is 363 g/mol. The predicted octanol–water partition coefficient (Wildman–Crippen LogP) is 1.35. The molecule has 24 heavy (non-hydrogen) atoms. The molecule has 1 saturated heterocycles. The van der Waals surface area contributed by atoms with Gasteiger partial charge >= 0.3 is 13.6 Å². The van der Waals surface area contributed by atoms with E-state index in [4.69, 9.17) is 13.8 Å². The lowest BCUT2D eigenvalue weighted by Gasteiger charge is -2.17. The molecule has 1 aliphatic rings. The summed E-state index contributed by atoms with van der Waals surface area (Å²) >= 11 is 0. The van der Waals surface area contributed by atoms with Crippen LogP contribution in [0.2, 0.25) is 0 Å². The summed E-state index contributed by atoms with van der Waals surface area (Å²) in [6.07, 6.45) is 0.757. The monoisotopic (exact) mass is 363 g/mol. The van der Waals surface area contributed by atoms with E-state index < -0.39 is 31.2 Å².